The third-order valence-corrected chi connectivity index (χ3v) is 6.36. The van der Waals surface area contributed by atoms with Crippen molar-refractivity contribution in [1.29, 1.82) is 0 Å². The van der Waals surface area contributed by atoms with E-state index in [2.05, 4.69) is 21.0 Å². The molecule has 4 amide bonds. The predicted molar refractivity (Wildman–Crippen MR) is 131 cm³/mol. The lowest BCUT2D eigenvalue weighted by molar-refractivity contribution is -0.127. The summed E-state index contributed by atoms with van der Waals surface area (Å²) in [4.78, 5) is 45.3. The van der Waals surface area contributed by atoms with Gasteiger partial charge in [-0.3, -0.25) is 14.9 Å². The maximum atomic E-state index is 12.6. The van der Waals surface area contributed by atoms with Gasteiger partial charge < -0.3 is 10.6 Å². The molecule has 3 N–H and O–H groups in total. The smallest absolute Gasteiger partial charge is 0.321 e. The molecule has 1 atom stereocenters. The Labute approximate surface area is 204 Å². The zero-order chi connectivity index (χ0) is 24.4. The Morgan fingerprint density at radius 2 is 1.97 bits per heavy atom. The number of hydrogen-bond acceptors (Lipinski definition) is 7. The van der Waals surface area contributed by atoms with E-state index in [1.165, 1.54) is 11.8 Å². The number of thioether (sulfide) groups is 1. The quantitative estimate of drug-likeness (QED) is 0.281. The summed E-state index contributed by atoms with van der Waals surface area (Å²) in [7, 11) is 0. The number of aryl methyl sites for hydroxylation is 1. The second-order valence-electron chi connectivity index (χ2n) is 7.96. The van der Waals surface area contributed by atoms with Crippen LogP contribution in [0.4, 0.5) is 4.79 Å². The molecular weight excluding hydrogens is 466 g/mol. The van der Waals surface area contributed by atoms with Crippen molar-refractivity contribution >= 4 is 40.6 Å². The Morgan fingerprint density at radius 1 is 1.14 bits per heavy atom. The maximum Gasteiger partial charge on any atom is 0.321 e. The number of carbonyl (C=O) groups excluding carboxylic acids is 3. The molecule has 4 aromatic rings. The van der Waals surface area contributed by atoms with Crippen molar-refractivity contribution in [2.45, 2.75) is 18.0 Å². The van der Waals surface area contributed by atoms with E-state index < -0.39 is 18.0 Å². The number of carbonyl (C=O) groups is 3. The number of amides is 4. The van der Waals surface area contributed by atoms with Crippen LogP contribution in [0, 0.1) is 6.92 Å². The number of aromatic nitrogens is 4. The van der Waals surface area contributed by atoms with Crippen LogP contribution in [0.15, 0.2) is 65.8 Å². The second kappa shape index (κ2) is 9.55. The van der Waals surface area contributed by atoms with Gasteiger partial charge in [0.25, 0.3) is 5.91 Å². The van der Waals surface area contributed by atoms with E-state index in [-0.39, 0.29) is 18.2 Å². The van der Waals surface area contributed by atoms with Gasteiger partial charge in [0.1, 0.15) is 11.1 Å². The minimum atomic E-state index is -0.824. The number of para-hydroxylation sites is 1. The summed E-state index contributed by atoms with van der Waals surface area (Å²) in [6.45, 7) is 2.04. The molecular formula is C24H21N7O3S. The van der Waals surface area contributed by atoms with E-state index in [0.717, 1.165) is 16.8 Å². The average Bonchev–Trinajstić information content (AvgIpc) is 3.29. The standard InChI is InChI=1S/C24H21N7O3S/c1-14-6-5-7-15(10-14)20-28-21-17(11-26-31(21)16-8-3-2-4-9-16)23(29-20)35-13-19(32)27-18-12-25-24(34)30-22(18)33/h2-11,18H,12-13H2,1H3,(H,27,32)(H2,25,30,33,34). The Kier molecular flexibility index (Phi) is 6.15. The van der Waals surface area contributed by atoms with Gasteiger partial charge in [0.2, 0.25) is 5.91 Å². The van der Waals surface area contributed by atoms with Gasteiger partial charge in [-0.2, -0.15) is 5.10 Å². The first-order valence-corrected chi connectivity index (χ1v) is 11.9. The molecule has 1 fully saturated rings. The van der Waals surface area contributed by atoms with E-state index >= 15 is 0 Å². The molecule has 10 nitrogen and oxygen atoms in total. The summed E-state index contributed by atoms with van der Waals surface area (Å²) < 4.78 is 1.75. The normalized spacial score (nSPS) is 15.5. The Morgan fingerprint density at radius 3 is 2.74 bits per heavy atom. The Bertz CT molecular complexity index is 1440. The number of fused-ring (bicyclic) bond motifs is 1. The summed E-state index contributed by atoms with van der Waals surface area (Å²) in [6, 6.07) is 16.2. The Hall–Kier alpha value is -4.25. The maximum absolute atomic E-state index is 12.6. The SMILES string of the molecule is Cc1cccc(-c2nc(SCC(=O)NC3CNC(=O)NC3=O)c3cnn(-c4ccccc4)c3n2)c1. The van der Waals surface area contributed by atoms with Gasteiger partial charge >= 0.3 is 6.03 Å². The third kappa shape index (κ3) is 4.85. The molecule has 35 heavy (non-hydrogen) atoms. The average molecular weight is 488 g/mol. The molecule has 2 aromatic heterocycles. The van der Waals surface area contributed by atoms with Crippen LogP contribution in [0.5, 0.6) is 0 Å². The molecule has 0 saturated carbocycles. The van der Waals surface area contributed by atoms with Gasteiger partial charge in [0.15, 0.2) is 11.5 Å². The lowest BCUT2D eigenvalue weighted by Crippen LogP contribution is -2.61. The molecule has 176 valence electrons. The summed E-state index contributed by atoms with van der Waals surface area (Å²) >= 11 is 1.23. The first-order valence-electron chi connectivity index (χ1n) is 10.9. The molecule has 0 bridgehead atoms. The van der Waals surface area contributed by atoms with E-state index in [9.17, 15) is 14.4 Å². The van der Waals surface area contributed by atoms with Crippen molar-refractivity contribution < 1.29 is 14.4 Å². The molecule has 1 unspecified atom stereocenters. The molecule has 0 spiro atoms. The minimum Gasteiger partial charge on any atom is -0.342 e. The molecule has 1 aliphatic heterocycles. The molecule has 1 aliphatic rings. The number of imide groups is 1. The molecule has 5 rings (SSSR count). The van der Waals surface area contributed by atoms with Crippen molar-refractivity contribution in [2.75, 3.05) is 12.3 Å². The van der Waals surface area contributed by atoms with Gasteiger partial charge in [-0.05, 0) is 25.1 Å². The zero-order valence-electron chi connectivity index (χ0n) is 18.7. The van der Waals surface area contributed by atoms with Crippen LogP contribution in [0.2, 0.25) is 0 Å². The highest BCUT2D eigenvalue weighted by Gasteiger charge is 2.27. The molecule has 2 aromatic carbocycles. The van der Waals surface area contributed by atoms with Crippen LogP contribution in [-0.2, 0) is 9.59 Å². The van der Waals surface area contributed by atoms with Crippen LogP contribution in [0.3, 0.4) is 0 Å². The minimum absolute atomic E-state index is 0.0214. The van der Waals surface area contributed by atoms with E-state index in [1.807, 2.05) is 61.5 Å². The fraction of sp³-hybridized carbons (Fsp3) is 0.167. The Balaban J connectivity index is 1.46. The number of urea groups is 1. The molecule has 11 heteroatoms. The molecule has 0 aliphatic carbocycles. The summed E-state index contributed by atoms with van der Waals surface area (Å²) in [6.07, 6.45) is 1.69. The molecule has 0 radical (unpaired) electrons. The molecule has 1 saturated heterocycles. The third-order valence-electron chi connectivity index (χ3n) is 5.37. The first-order chi connectivity index (χ1) is 17.0. The van der Waals surface area contributed by atoms with Gasteiger partial charge in [-0.25, -0.2) is 19.4 Å². The van der Waals surface area contributed by atoms with Gasteiger partial charge in [-0.1, -0.05) is 53.7 Å². The van der Waals surface area contributed by atoms with Crippen molar-refractivity contribution in [3.63, 3.8) is 0 Å². The van der Waals surface area contributed by atoms with E-state index in [4.69, 9.17) is 9.97 Å². The number of nitrogens with zero attached hydrogens (tertiary/aromatic N) is 4. The number of rotatable bonds is 6. The highest BCUT2D eigenvalue weighted by Crippen LogP contribution is 2.29. The monoisotopic (exact) mass is 487 g/mol. The van der Waals surface area contributed by atoms with Crippen molar-refractivity contribution in [3.8, 4) is 17.1 Å². The summed E-state index contributed by atoms with van der Waals surface area (Å²) in [5.74, 6) is -0.350. The second-order valence-corrected chi connectivity index (χ2v) is 8.92. The largest absolute Gasteiger partial charge is 0.342 e. The van der Waals surface area contributed by atoms with Gasteiger partial charge in [0, 0.05) is 12.1 Å². The van der Waals surface area contributed by atoms with Crippen molar-refractivity contribution in [3.05, 3.63) is 66.4 Å². The lowest BCUT2D eigenvalue weighted by Gasteiger charge is -2.22. The highest BCUT2D eigenvalue weighted by atomic mass is 32.2. The number of benzene rings is 2. The van der Waals surface area contributed by atoms with E-state index in [0.29, 0.717) is 21.9 Å². The number of hydrogen-bond donors (Lipinski definition) is 3. The number of nitrogens with one attached hydrogen (secondary N) is 3. The zero-order valence-corrected chi connectivity index (χ0v) is 19.5. The van der Waals surface area contributed by atoms with E-state index in [1.54, 1.807) is 10.9 Å². The van der Waals surface area contributed by atoms with Gasteiger partial charge in [0.05, 0.1) is 23.0 Å². The van der Waals surface area contributed by atoms with Crippen LogP contribution in [0.1, 0.15) is 5.56 Å². The summed E-state index contributed by atoms with van der Waals surface area (Å²) in [5.41, 5.74) is 3.42. The first kappa shape index (κ1) is 22.5. The fourth-order valence-corrected chi connectivity index (χ4v) is 4.48. The predicted octanol–water partition coefficient (Wildman–Crippen LogP) is 2.21. The lowest BCUT2D eigenvalue weighted by atomic mass is 10.1. The summed E-state index contributed by atoms with van der Waals surface area (Å²) in [5, 5.41) is 13.1. The highest BCUT2D eigenvalue weighted by molar-refractivity contribution is 8.00. The fourth-order valence-electron chi connectivity index (χ4n) is 3.68. The van der Waals surface area contributed by atoms with Crippen molar-refractivity contribution in [2.24, 2.45) is 0 Å². The van der Waals surface area contributed by atoms with Crippen LogP contribution < -0.4 is 16.0 Å². The van der Waals surface area contributed by atoms with Crippen molar-refractivity contribution in [1.82, 2.24) is 35.7 Å². The van der Waals surface area contributed by atoms with Crippen LogP contribution in [-0.4, -0.2) is 55.9 Å². The molecule has 3 heterocycles. The topological polar surface area (TPSA) is 131 Å². The van der Waals surface area contributed by atoms with Crippen LogP contribution >= 0.6 is 11.8 Å². The van der Waals surface area contributed by atoms with Crippen LogP contribution in [0.25, 0.3) is 28.1 Å². The van der Waals surface area contributed by atoms with Gasteiger partial charge in [-0.15, -0.1) is 0 Å².